The number of aryl methyl sites for hydroxylation is 1. The standard InChI is InChI=1S/C21H22N4O3S/c1-14-6-4-9-16(12-14)25(21(27)17-13-29-24-23-17)19(18-10-5-11-28-18)20(26)22-15-7-2-3-8-15/h4-6,9-13,15,19H,2-3,7-8H2,1H3,(H,22,26)/t19-/m0/s1. The van der Waals surface area contributed by atoms with E-state index >= 15 is 0 Å². The first kappa shape index (κ1) is 19.3. The van der Waals surface area contributed by atoms with E-state index in [4.69, 9.17) is 4.42 Å². The first-order valence-corrected chi connectivity index (χ1v) is 10.5. The molecule has 1 fully saturated rings. The molecule has 3 aromatic rings. The van der Waals surface area contributed by atoms with Crippen molar-refractivity contribution in [2.75, 3.05) is 4.90 Å². The maximum absolute atomic E-state index is 13.4. The number of hydrogen-bond acceptors (Lipinski definition) is 6. The van der Waals surface area contributed by atoms with Crippen molar-refractivity contribution in [3.8, 4) is 0 Å². The molecular formula is C21H22N4O3S. The van der Waals surface area contributed by atoms with Gasteiger partial charge >= 0.3 is 0 Å². The lowest BCUT2D eigenvalue weighted by Gasteiger charge is -2.30. The van der Waals surface area contributed by atoms with Gasteiger partial charge in [0.05, 0.1) is 6.26 Å². The van der Waals surface area contributed by atoms with Crippen molar-refractivity contribution < 1.29 is 14.0 Å². The number of nitrogens with zero attached hydrogens (tertiary/aromatic N) is 3. The number of carbonyl (C=O) groups is 2. The van der Waals surface area contributed by atoms with Crippen LogP contribution < -0.4 is 10.2 Å². The molecule has 1 aliphatic rings. The summed E-state index contributed by atoms with van der Waals surface area (Å²) in [5.74, 6) is -0.254. The normalized spacial score (nSPS) is 15.2. The topological polar surface area (TPSA) is 88.3 Å². The van der Waals surface area contributed by atoms with Gasteiger partial charge in [-0.1, -0.05) is 29.5 Å². The van der Waals surface area contributed by atoms with Crippen LogP contribution >= 0.6 is 11.5 Å². The van der Waals surface area contributed by atoms with E-state index in [0.29, 0.717) is 11.4 Å². The molecule has 2 heterocycles. The Morgan fingerprint density at radius 3 is 2.72 bits per heavy atom. The van der Waals surface area contributed by atoms with Gasteiger partial charge in [0, 0.05) is 17.1 Å². The lowest BCUT2D eigenvalue weighted by atomic mass is 10.1. The number of aromatic nitrogens is 2. The average Bonchev–Trinajstić information content (AvgIpc) is 3.49. The molecule has 29 heavy (non-hydrogen) atoms. The number of hydrogen-bond donors (Lipinski definition) is 1. The molecule has 0 aliphatic heterocycles. The Morgan fingerprint density at radius 2 is 2.07 bits per heavy atom. The summed E-state index contributed by atoms with van der Waals surface area (Å²) in [5, 5.41) is 8.61. The Kier molecular flexibility index (Phi) is 5.71. The third-order valence-electron chi connectivity index (χ3n) is 5.10. The second-order valence-corrected chi connectivity index (χ2v) is 7.82. The lowest BCUT2D eigenvalue weighted by Crippen LogP contribution is -2.46. The van der Waals surface area contributed by atoms with E-state index in [1.54, 1.807) is 17.5 Å². The van der Waals surface area contributed by atoms with Crippen molar-refractivity contribution in [3.63, 3.8) is 0 Å². The molecule has 0 saturated heterocycles. The van der Waals surface area contributed by atoms with Gasteiger partial charge in [-0.15, -0.1) is 5.10 Å². The van der Waals surface area contributed by atoms with Gasteiger partial charge in [-0.05, 0) is 61.1 Å². The number of benzene rings is 1. The zero-order chi connectivity index (χ0) is 20.2. The summed E-state index contributed by atoms with van der Waals surface area (Å²) in [7, 11) is 0. The van der Waals surface area contributed by atoms with E-state index in [-0.39, 0.29) is 17.6 Å². The van der Waals surface area contributed by atoms with Crippen molar-refractivity contribution in [2.24, 2.45) is 0 Å². The predicted molar refractivity (Wildman–Crippen MR) is 110 cm³/mol. The molecule has 0 bridgehead atoms. The van der Waals surface area contributed by atoms with Crippen LogP contribution in [0.15, 0.2) is 52.5 Å². The van der Waals surface area contributed by atoms with Gasteiger partial charge in [-0.3, -0.25) is 14.5 Å². The predicted octanol–water partition coefficient (Wildman–Crippen LogP) is 3.89. The van der Waals surface area contributed by atoms with Gasteiger partial charge in [-0.2, -0.15) is 0 Å². The minimum atomic E-state index is -0.943. The van der Waals surface area contributed by atoms with Crippen molar-refractivity contribution >= 4 is 29.0 Å². The van der Waals surface area contributed by atoms with Crippen LogP contribution in [-0.4, -0.2) is 27.4 Å². The summed E-state index contributed by atoms with van der Waals surface area (Å²) in [4.78, 5) is 28.2. The van der Waals surface area contributed by atoms with Gasteiger partial charge in [-0.25, -0.2) is 0 Å². The maximum atomic E-state index is 13.4. The second kappa shape index (κ2) is 8.57. The van der Waals surface area contributed by atoms with Gasteiger partial charge in [0.1, 0.15) is 5.76 Å². The van der Waals surface area contributed by atoms with Crippen LogP contribution in [0.5, 0.6) is 0 Å². The number of carbonyl (C=O) groups excluding carboxylic acids is 2. The fraction of sp³-hybridized carbons (Fsp3) is 0.333. The SMILES string of the molecule is Cc1cccc(N(C(=O)c2csnn2)[C@H](C(=O)NC2CCCC2)c2ccco2)c1. The molecule has 1 aromatic carbocycles. The summed E-state index contributed by atoms with van der Waals surface area (Å²) >= 11 is 1.09. The quantitative estimate of drug-likeness (QED) is 0.666. The number of nitrogens with one attached hydrogen (secondary N) is 1. The molecule has 1 aliphatic carbocycles. The number of rotatable bonds is 6. The second-order valence-electron chi connectivity index (χ2n) is 7.21. The van der Waals surface area contributed by atoms with Gasteiger partial charge in [0.2, 0.25) is 0 Å². The van der Waals surface area contributed by atoms with Crippen LogP contribution in [0.1, 0.15) is 53.5 Å². The third-order valence-corrected chi connectivity index (χ3v) is 5.60. The van der Waals surface area contributed by atoms with Crippen molar-refractivity contribution in [1.82, 2.24) is 14.9 Å². The van der Waals surface area contributed by atoms with Crippen molar-refractivity contribution in [3.05, 3.63) is 65.1 Å². The molecule has 1 N–H and O–H groups in total. The van der Waals surface area contributed by atoms with E-state index < -0.39 is 11.9 Å². The Balaban J connectivity index is 1.77. The molecule has 0 radical (unpaired) electrons. The van der Waals surface area contributed by atoms with Crippen LogP contribution in [0.4, 0.5) is 5.69 Å². The Labute approximate surface area is 172 Å². The zero-order valence-electron chi connectivity index (χ0n) is 16.1. The molecule has 0 unspecified atom stereocenters. The van der Waals surface area contributed by atoms with E-state index in [9.17, 15) is 9.59 Å². The molecule has 1 atom stereocenters. The summed E-state index contributed by atoms with van der Waals surface area (Å²) in [6.07, 6.45) is 5.60. The highest BCUT2D eigenvalue weighted by Gasteiger charge is 2.37. The van der Waals surface area contributed by atoms with Gasteiger partial charge in [0.25, 0.3) is 11.8 Å². The van der Waals surface area contributed by atoms with Crippen LogP contribution in [0, 0.1) is 6.92 Å². The third kappa shape index (κ3) is 4.22. The molecule has 2 amide bonds. The van der Waals surface area contributed by atoms with Crippen LogP contribution in [0.3, 0.4) is 0 Å². The molecule has 150 valence electrons. The highest BCUT2D eigenvalue weighted by atomic mass is 32.1. The minimum absolute atomic E-state index is 0.121. The minimum Gasteiger partial charge on any atom is -0.467 e. The Morgan fingerprint density at radius 1 is 1.24 bits per heavy atom. The first-order chi connectivity index (χ1) is 14.1. The number of anilines is 1. The van der Waals surface area contributed by atoms with E-state index in [0.717, 1.165) is 42.8 Å². The average molecular weight is 410 g/mol. The summed E-state index contributed by atoms with van der Waals surface area (Å²) in [6.45, 7) is 1.94. The summed E-state index contributed by atoms with van der Waals surface area (Å²) < 4.78 is 9.40. The van der Waals surface area contributed by atoms with Crippen molar-refractivity contribution in [1.29, 1.82) is 0 Å². The van der Waals surface area contributed by atoms with E-state index in [1.165, 1.54) is 11.2 Å². The lowest BCUT2D eigenvalue weighted by molar-refractivity contribution is -0.123. The van der Waals surface area contributed by atoms with Gasteiger partial charge in [0.15, 0.2) is 11.7 Å². The largest absolute Gasteiger partial charge is 0.467 e. The fourth-order valence-corrected chi connectivity index (χ4v) is 4.14. The highest BCUT2D eigenvalue weighted by molar-refractivity contribution is 7.03. The zero-order valence-corrected chi connectivity index (χ0v) is 16.9. The van der Waals surface area contributed by atoms with Crippen LogP contribution in [0.2, 0.25) is 0 Å². The van der Waals surface area contributed by atoms with Crippen LogP contribution in [0.25, 0.3) is 0 Å². The van der Waals surface area contributed by atoms with Crippen molar-refractivity contribution in [2.45, 2.75) is 44.7 Å². The molecular weight excluding hydrogens is 388 g/mol. The molecule has 0 spiro atoms. The first-order valence-electron chi connectivity index (χ1n) is 9.64. The molecule has 2 aromatic heterocycles. The Hall–Kier alpha value is -3.00. The Bertz CT molecular complexity index is 966. The fourth-order valence-electron chi connectivity index (χ4n) is 3.71. The summed E-state index contributed by atoms with van der Waals surface area (Å²) in [5.41, 5.74) is 1.78. The monoisotopic (exact) mass is 410 g/mol. The maximum Gasteiger partial charge on any atom is 0.280 e. The highest BCUT2D eigenvalue weighted by Crippen LogP contribution is 2.31. The molecule has 8 heteroatoms. The number of furan rings is 1. The van der Waals surface area contributed by atoms with E-state index in [1.807, 2.05) is 31.2 Å². The van der Waals surface area contributed by atoms with Crippen LogP contribution in [-0.2, 0) is 4.79 Å². The van der Waals surface area contributed by atoms with E-state index in [2.05, 4.69) is 14.9 Å². The molecule has 1 saturated carbocycles. The number of amides is 2. The molecule has 7 nitrogen and oxygen atoms in total. The smallest absolute Gasteiger partial charge is 0.280 e. The summed E-state index contributed by atoms with van der Waals surface area (Å²) in [6, 6.07) is 10.1. The molecule has 4 rings (SSSR count). The van der Waals surface area contributed by atoms with Gasteiger partial charge < -0.3 is 9.73 Å².